The van der Waals surface area contributed by atoms with Gasteiger partial charge in [0.1, 0.15) is 4.90 Å². The Kier molecular flexibility index (Phi) is 4.62. The molecule has 2 heterocycles. The van der Waals surface area contributed by atoms with Crippen molar-refractivity contribution >= 4 is 33.1 Å². The number of aryl methyl sites for hydroxylation is 1. The molecule has 0 aromatic carbocycles. The molecule has 2 rings (SSSR count). The minimum atomic E-state index is -3.45. The van der Waals surface area contributed by atoms with E-state index in [0.717, 1.165) is 29.0 Å². The lowest BCUT2D eigenvalue weighted by Gasteiger charge is -2.23. The fraction of sp³-hybridized carbons (Fsp3) is 0.667. The summed E-state index contributed by atoms with van der Waals surface area (Å²) in [4.78, 5) is 1.11. The molecule has 1 atom stereocenters. The first-order valence-corrected chi connectivity index (χ1v) is 9.63. The Balaban J connectivity index is 2.16. The van der Waals surface area contributed by atoms with Crippen molar-refractivity contribution in [2.24, 2.45) is 5.73 Å². The van der Waals surface area contributed by atoms with Crippen molar-refractivity contribution in [3.63, 3.8) is 0 Å². The van der Waals surface area contributed by atoms with E-state index in [1.807, 2.05) is 24.1 Å². The van der Waals surface area contributed by atoms with Crippen LogP contribution in [0.5, 0.6) is 0 Å². The van der Waals surface area contributed by atoms with Crippen LogP contribution in [0.4, 0.5) is 0 Å². The molecule has 108 valence electrons. The Hall–Kier alpha value is -0.0800. The summed E-state index contributed by atoms with van der Waals surface area (Å²) in [5.74, 6) is 1.11. The second-order valence-corrected chi connectivity index (χ2v) is 9.45. The van der Waals surface area contributed by atoms with Gasteiger partial charge < -0.3 is 5.73 Å². The molecule has 1 unspecified atom stereocenters. The Morgan fingerprint density at radius 1 is 1.53 bits per heavy atom. The van der Waals surface area contributed by atoms with Crippen molar-refractivity contribution in [3.8, 4) is 0 Å². The van der Waals surface area contributed by atoms with Crippen LogP contribution in [0.25, 0.3) is 0 Å². The summed E-state index contributed by atoms with van der Waals surface area (Å²) in [5, 5.41) is 1.85. The van der Waals surface area contributed by atoms with Crippen LogP contribution in [0.15, 0.2) is 10.3 Å². The molecular weight excluding hydrogens is 300 g/mol. The Labute approximate surface area is 123 Å². The average Bonchev–Trinajstić information content (AvgIpc) is 2.94. The van der Waals surface area contributed by atoms with Crippen LogP contribution in [0.1, 0.15) is 30.2 Å². The standard InChI is InChI=1S/C12H20N2O2S3/c1-9-7-17-10(6-13)11(9)19(15,16)14-8-12(2)4-3-5-18-12/h7,14H,3-6,8,13H2,1-2H3. The molecule has 0 radical (unpaired) electrons. The van der Waals surface area contributed by atoms with Crippen molar-refractivity contribution < 1.29 is 8.42 Å². The maximum absolute atomic E-state index is 12.4. The topological polar surface area (TPSA) is 72.2 Å². The molecule has 1 aliphatic heterocycles. The minimum Gasteiger partial charge on any atom is -0.326 e. The third-order valence-corrected chi connectivity index (χ3v) is 7.80. The largest absolute Gasteiger partial charge is 0.326 e. The quantitative estimate of drug-likeness (QED) is 0.871. The van der Waals surface area contributed by atoms with E-state index in [1.54, 1.807) is 0 Å². The molecular formula is C12H20N2O2S3. The summed E-state index contributed by atoms with van der Waals surface area (Å²) in [6.07, 6.45) is 2.22. The van der Waals surface area contributed by atoms with Crippen LogP contribution in [0, 0.1) is 6.92 Å². The van der Waals surface area contributed by atoms with Gasteiger partial charge in [-0.1, -0.05) is 0 Å². The molecule has 0 aliphatic carbocycles. The summed E-state index contributed by atoms with van der Waals surface area (Å²) in [6.45, 7) is 4.69. The lowest BCUT2D eigenvalue weighted by molar-refractivity contribution is 0.551. The van der Waals surface area contributed by atoms with Crippen LogP contribution < -0.4 is 10.5 Å². The lowest BCUT2D eigenvalue weighted by atomic mass is 10.1. The van der Waals surface area contributed by atoms with Crippen LogP contribution in [-0.2, 0) is 16.6 Å². The monoisotopic (exact) mass is 320 g/mol. The highest BCUT2D eigenvalue weighted by molar-refractivity contribution is 8.01. The lowest BCUT2D eigenvalue weighted by Crippen LogP contribution is -2.37. The van der Waals surface area contributed by atoms with Crippen molar-refractivity contribution in [2.75, 3.05) is 12.3 Å². The molecule has 0 amide bonds. The maximum Gasteiger partial charge on any atom is 0.242 e. The Morgan fingerprint density at radius 2 is 2.26 bits per heavy atom. The molecule has 0 spiro atoms. The predicted molar refractivity (Wildman–Crippen MR) is 82.2 cm³/mol. The number of nitrogens with two attached hydrogens (primary N) is 1. The first kappa shape index (κ1) is 15.3. The van der Waals surface area contributed by atoms with Crippen molar-refractivity contribution in [1.29, 1.82) is 0 Å². The van der Waals surface area contributed by atoms with Gasteiger partial charge in [-0.25, -0.2) is 13.1 Å². The highest BCUT2D eigenvalue weighted by atomic mass is 32.2. The van der Waals surface area contributed by atoms with Crippen LogP contribution in [0.2, 0.25) is 0 Å². The first-order chi connectivity index (χ1) is 8.88. The number of rotatable bonds is 5. The van der Waals surface area contributed by atoms with Gasteiger partial charge in [-0.2, -0.15) is 11.8 Å². The van der Waals surface area contributed by atoms with Gasteiger partial charge in [0.15, 0.2) is 0 Å². The summed E-state index contributed by atoms with van der Waals surface area (Å²) in [6, 6.07) is 0. The Morgan fingerprint density at radius 3 is 2.84 bits per heavy atom. The van der Waals surface area contributed by atoms with E-state index in [9.17, 15) is 8.42 Å². The zero-order chi connectivity index (χ0) is 14.1. The van der Waals surface area contributed by atoms with Crippen LogP contribution >= 0.6 is 23.1 Å². The highest BCUT2D eigenvalue weighted by Gasteiger charge is 2.32. The number of hydrogen-bond donors (Lipinski definition) is 2. The van der Waals surface area contributed by atoms with E-state index in [0.29, 0.717) is 11.4 Å². The summed E-state index contributed by atoms with van der Waals surface area (Å²) in [5.41, 5.74) is 6.40. The number of nitrogens with one attached hydrogen (secondary N) is 1. The molecule has 1 saturated heterocycles. The van der Waals surface area contributed by atoms with Gasteiger partial charge in [0.25, 0.3) is 0 Å². The van der Waals surface area contributed by atoms with Crippen LogP contribution in [-0.4, -0.2) is 25.5 Å². The molecule has 7 heteroatoms. The third-order valence-electron chi connectivity index (χ3n) is 3.38. The molecule has 19 heavy (non-hydrogen) atoms. The van der Waals surface area contributed by atoms with Gasteiger partial charge in [0.2, 0.25) is 10.0 Å². The van der Waals surface area contributed by atoms with Gasteiger partial charge in [-0.05, 0) is 43.4 Å². The van der Waals surface area contributed by atoms with Crippen molar-refractivity contribution in [1.82, 2.24) is 4.72 Å². The van der Waals surface area contributed by atoms with E-state index < -0.39 is 10.0 Å². The fourth-order valence-electron chi connectivity index (χ4n) is 2.29. The van der Waals surface area contributed by atoms with Crippen molar-refractivity contribution in [3.05, 3.63) is 15.8 Å². The van der Waals surface area contributed by atoms with E-state index in [1.165, 1.54) is 11.3 Å². The molecule has 1 aromatic rings. The highest BCUT2D eigenvalue weighted by Crippen LogP contribution is 2.37. The normalized spacial score (nSPS) is 23.9. The van der Waals surface area contributed by atoms with Crippen molar-refractivity contribution in [2.45, 2.75) is 42.9 Å². The SMILES string of the molecule is Cc1csc(CN)c1S(=O)(=O)NCC1(C)CCCS1. The number of hydrogen-bond acceptors (Lipinski definition) is 5. The molecule has 1 fully saturated rings. The number of thioether (sulfide) groups is 1. The fourth-order valence-corrected chi connectivity index (χ4v) is 6.49. The average molecular weight is 321 g/mol. The van der Waals surface area contributed by atoms with Gasteiger partial charge in [0.05, 0.1) is 0 Å². The van der Waals surface area contributed by atoms with E-state index in [4.69, 9.17) is 5.73 Å². The molecule has 4 nitrogen and oxygen atoms in total. The first-order valence-electron chi connectivity index (χ1n) is 6.29. The Bertz CT molecular complexity index is 545. The number of thiophene rings is 1. The summed E-state index contributed by atoms with van der Waals surface area (Å²) in [7, 11) is -3.45. The molecule has 0 saturated carbocycles. The smallest absolute Gasteiger partial charge is 0.242 e. The van der Waals surface area contributed by atoms with Gasteiger partial charge in [0, 0.05) is 22.7 Å². The summed E-state index contributed by atoms with van der Waals surface area (Å²) >= 11 is 3.26. The second kappa shape index (κ2) is 5.73. The zero-order valence-corrected chi connectivity index (χ0v) is 13.7. The van der Waals surface area contributed by atoms with Gasteiger partial charge in [-0.15, -0.1) is 11.3 Å². The zero-order valence-electron chi connectivity index (χ0n) is 11.2. The predicted octanol–water partition coefficient (Wildman–Crippen LogP) is 2.08. The van der Waals surface area contributed by atoms with Gasteiger partial charge >= 0.3 is 0 Å². The molecule has 3 N–H and O–H groups in total. The number of sulfonamides is 1. The molecule has 0 bridgehead atoms. The molecule has 1 aromatic heterocycles. The van der Waals surface area contributed by atoms with E-state index >= 15 is 0 Å². The summed E-state index contributed by atoms with van der Waals surface area (Å²) < 4.78 is 27.6. The van der Waals surface area contributed by atoms with E-state index in [-0.39, 0.29) is 11.3 Å². The van der Waals surface area contributed by atoms with E-state index in [2.05, 4.69) is 11.6 Å². The minimum absolute atomic E-state index is 0.0277. The van der Waals surface area contributed by atoms with Gasteiger partial charge in [-0.3, -0.25) is 0 Å². The molecule has 1 aliphatic rings. The van der Waals surface area contributed by atoms with Crippen LogP contribution in [0.3, 0.4) is 0 Å². The maximum atomic E-state index is 12.4. The third kappa shape index (κ3) is 3.33. The second-order valence-electron chi connectivity index (χ2n) is 5.10.